The highest BCUT2D eigenvalue weighted by molar-refractivity contribution is 7.09. The summed E-state index contributed by atoms with van der Waals surface area (Å²) in [6.45, 7) is 6.82. The Morgan fingerprint density at radius 3 is 2.58 bits per heavy atom. The fourth-order valence-corrected chi connectivity index (χ4v) is 3.36. The third kappa shape index (κ3) is 3.54. The van der Waals surface area contributed by atoms with E-state index in [9.17, 15) is 4.79 Å². The summed E-state index contributed by atoms with van der Waals surface area (Å²) in [5.74, 6) is 0.532. The van der Waals surface area contributed by atoms with Crippen LogP contribution in [0.25, 0.3) is 0 Å². The van der Waals surface area contributed by atoms with E-state index in [-0.39, 0.29) is 11.9 Å². The maximum atomic E-state index is 12.6. The number of carbonyl (C=O) groups is 1. The molecule has 0 unspecified atom stereocenters. The van der Waals surface area contributed by atoms with E-state index in [1.54, 1.807) is 35.7 Å². The van der Waals surface area contributed by atoms with Crippen LogP contribution in [0.15, 0.2) is 17.8 Å². The quantitative estimate of drug-likeness (QED) is 0.841. The van der Waals surface area contributed by atoms with Crippen LogP contribution >= 0.6 is 11.3 Å². The summed E-state index contributed by atoms with van der Waals surface area (Å²) in [6.07, 6.45) is 3.19. The number of carbonyl (C=O) groups excluding carboxylic acids is 1. The molecule has 3 heterocycles. The van der Waals surface area contributed by atoms with E-state index in [0.29, 0.717) is 24.7 Å². The molecule has 8 heteroatoms. The Balaban J connectivity index is 1.69. The van der Waals surface area contributed by atoms with E-state index in [0.717, 1.165) is 23.8 Å². The zero-order chi connectivity index (χ0) is 17.1. The van der Waals surface area contributed by atoms with Gasteiger partial charge in [0.05, 0.1) is 24.8 Å². The van der Waals surface area contributed by atoms with E-state index in [2.05, 4.69) is 19.9 Å². The van der Waals surface area contributed by atoms with Crippen molar-refractivity contribution >= 4 is 23.2 Å². The number of anilines is 1. The second kappa shape index (κ2) is 7.23. The van der Waals surface area contributed by atoms with Gasteiger partial charge in [0, 0.05) is 43.6 Å². The number of thiazole rings is 1. The third-order valence-electron chi connectivity index (χ3n) is 4.07. The molecule has 1 fully saturated rings. The van der Waals surface area contributed by atoms with Gasteiger partial charge in [0.25, 0.3) is 5.91 Å². The molecule has 3 rings (SSSR count). The number of hydrogen-bond acceptors (Lipinski definition) is 7. The molecule has 0 saturated carbocycles. The minimum atomic E-state index is -0.108. The van der Waals surface area contributed by atoms with Crippen molar-refractivity contribution in [1.82, 2.24) is 19.9 Å². The summed E-state index contributed by atoms with van der Waals surface area (Å²) in [5.41, 5.74) is 1.45. The average Bonchev–Trinajstić information content (AvgIpc) is 3.07. The van der Waals surface area contributed by atoms with Crippen LogP contribution in [0.4, 0.5) is 5.95 Å². The molecule has 2 aromatic heterocycles. The SMILES string of the molecule is Cc1csc([C@H](C)N(C)C(=O)c2cnc(N3CCOCC3)nc2)n1. The minimum absolute atomic E-state index is 0.0879. The number of aromatic nitrogens is 3. The first kappa shape index (κ1) is 16.8. The fourth-order valence-electron chi connectivity index (χ4n) is 2.47. The number of nitrogens with zero attached hydrogens (tertiary/aromatic N) is 5. The number of morpholine rings is 1. The van der Waals surface area contributed by atoms with Crippen molar-refractivity contribution in [2.24, 2.45) is 0 Å². The van der Waals surface area contributed by atoms with Gasteiger partial charge in [-0.05, 0) is 13.8 Å². The van der Waals surface area contributed by atoms with Gasteiger partial charge in [-0.15, -0.1) is 11.3 Å². The van der Waals surface area contributed by atoms with E-state index < -0.39 is 0 Å². The van der Waals surface area contributed by atoms with E-state index >= 15 is 0 Å². The maximum absolute atomic E-state index is 12.6. The molecule has 0 aliphatic carbocycles. The van der Waals surface area contributed by atoms with Crippen LogP contribution in [0.1, 0.15) is 34.0 Å². The molecule has 0 radical (unpaired) electrons. The highest BCUT2D eigenvalue weighted by Gasteiger charge is 2.22. The molecule has 1 aliphatic rings. The molecule has 1 aliphatic heterocycles. The zero-order valence-corrected chi connectivity index (χ0v) is 14.9. The predicted octanol–water partition coefficient (Wildman–Crippen LogP) is 1.91. The maximum Gasteiger partial charge on any atom is 0.257 e. The fraction of sp³-hybridized carbons (Fsp3) is 0.500. The summed E-state index contributed by atoms with van der Waals surface area (Å²) >= 11 is 1.57. The van der Waals surface area contributed by atoms with Crippen LogP contribution in [0.5, 0.6) is 0 Å². The van der Waals surface area contributed by atoms with Crippen molar-refractivity contribution in [1.29, 1.82) is 0 Å². The lowest BCUT2D eigenvalue weighted by molar-refractivity contribution is 0.0741. The number of amides is 1. The molecule has 128 valence electrons. The summed E-state index contributed by atoms with van der Waals surface area (Å²) in [7, 11) is 1.78. The normalized spacial score (nSPS) is 16.0. The second-order valence-corrected chi connectivity index (χ2v) is 6.68. The lowest BCUT2D eigenvalue weighted by atomic mass is 10.2. The van der Waals surface area contributed by atoms with Crippen LogP contribution < -0.4 is 4.90 Å². The molecule has 2 aromatic rings. The summed E-state index contributed by atoms with van der Waals surface area (Å²) in [5, 5.41) is 2.92. The van der Waals surface area contributed by atoms with Crippen molar-refractivity contribution in [3.8, 4) is 0 Å². The molecular formula is C16H21N5O2S. The number of aryl methyl sites for hydroxylation is 1. The molecule has 1 atom stereocenters. The van der Waals surface area contributed by atoms with Gasteiger partial charge in [-0.1, -0.05) is 0 Å². The molecule has 1 saturated heterocycles. The lowest BCUT2D eigenvalue weighted by Gasteiger charge is -2.27. The van der Waals surface area contributed by atoms with Gasteiger partial charge in [0.1, 0.15) is 5.01 Å². The van der Waals surface area contributed by atoms with Crippen LogP contribution in [-0.2, 0) is 4.74 Å². The zero-order valence-electron chi connectivity index (χ0n) is 14.1. The van der Waals surface area contributed by atoms with Gasteiger partial charge < -0.3 is 14.5 Å². The molecule has 0 spiro atoms. The Bertz CT molecular complexity index is 697. The molecule has 1 amide bonds. The van der Waals surface area contributed by atoms with Gasteiger partial charge in [0.2, 0.25) is 5.95 Å². The standard InChI is InChI=1S/C16H21N5O2S/c1-11-10-24-14(19-11)12(2)20(3)15(22)13-8-17-16(18-9-13)21-4-6-23-7-5-21/h8-10,12H,4-7H2,1-3H3/t12-/m0/s1. The Hall–Kier alpha value is -2.06. The Morgan fingerprint density at radius 2 is 2.00 bits per heavy atom. The van der Waals surface area contributed by atoms with Crippen molar-refractivity contribution in [3.05, 3.63) is 34.0 Å². The number of rotatable bonds is 4. The van der Waals surface area contributed by atoms with Crippen LogP contribution in [0.3, 0.4) is 0 Å². The monoisotopic (exact) mass is 347 g/mol. The molecule has 0 N–H and O–H groups in total. The van der Waals surface area contributed by atoms with Gasteiger partial charge in [-0.25, -0.2) is 15.0 Å². The van der Waals surface area contributed by atoms with Crippen molar-refractivity contribution in [3.63, 3.8) is 0 Å². The van der Waals surface area contributed by atoms with Gasteiger partial charge in [-0.2, -0.15) is 0 Å². The first-order valence-electron chi connectivity index (χ1n) is 7.90. The van der Waals surface area contributed by atoms with Crippen LogP contribution in [-0.4, -0.2) is 59.1 Å². The van der Waals surface area contributed by atoms with Crippen LogP contribution in [0.2, 0.25) is 0 Å². The molecule has 0 aromatic carbocycles. The highest BCUT2D eigenvalue weighted by Crippen LogP contribution is 2.23. The summed E-state index contributed by atoms with van der Waals surface area (Å²) in [6, 6.07) is -0.0879. The van der Waals surface area contributed by atoms with E-state index in [4.69, 9.17) is 4.74 Å². The predicted molar refractivity (Wildman–Crippen MR) is 92.4 cm³/mol. The average molecular weight is 347 g/mol. The van der Waals surface area contributed by atoms with Gasteiger partial charge in [-0.3, -0.25) is 4.79 Å². The minimum Gasteiger partial charge on any atom is -0.378 e. The van der Waals surface area contributed by atoms with Gasteiger partial charge in [0.15, 0.2) is 0 Å². The van der Waals surface area contributed by atoms with E-state index in [1.165, 1.54) is 0 Å². The first-order chi connectivity index (χ1) is 11.6. The third-order valence-corrected chi connectivity index (χ3v) is 5.21. The molecule has 0 bridgehead atoms. The number of hydrogen-bond donors (Lipinski definition) is 0. The van der Waals surface area contributed by atoms with Crippen LogP contribution in [0, 0.1) is 6.92 Å². The lowest BCUT2D eigenvalue weighted by Crippen LogP contribution is -2.37. The Morgan fingerprint density at radius 1 is 1.33 bits per heavy atom. The van der Waals surface area contributed by atoms with Crippen molar-refractivity contribution < 1.29 is 9.53 Å². The largest absolute Gasteiger partial charge is 0.378 e. The summed E-state index contributed by atoms with van der Waals surface area (Å²) < 4.78 is 5.32. The van der Waals surface area contributed by atoms with Crippen molar-refractivity contribution in [2.45, 2.75) is 19.9 Å². The second-order valence-electron chi connectivity index (χ2n) is 5.79. The first-order valence-corrected chi connectivity index (χ1v) is 8.78. The smallest absolute Gasteiger partial charge is 0.257 e. The molecule has 7 nitrogen and oxygen atoms in total. The number of ether oxygens (including phenoxy) is 1. The topological polar surface area (TPSA) is 71.5 Å². The highest BCUT2D eigenvalue weighted by atomic mass is 32.1. The van der Waals surface area contributed by atoms with Crippen molar-refractivity contribution in [2.75, 3.05) is 38.3 Å². The summed E-state index contributed by atoms with van der Waals surface area (Å²) in [4.78, 5) is 29.5. The molecular weight excluding hydrogens is 326 g/mol. The Labute approximate surface area is 145 Å². The van der Waals surface area contributed by atoms with E-state index in [1.807, 2.05) is 19.2 Å². The Kier molecular flexibility index (Phi) is 5.06. The molecule has 24 heavy (non-hydrogen) atoms. The van der Waals surface area contributed by atoms with Gasteiger partial charge >= 0.3 is 0 Å².